The number of nitrogens with one attached hydrogen (secondary N) is 2. The molecule has 0 spiro atoms. The molecule has 166 valence electrons. The molecule has 2 N–H and O–H groups in total. The van der Waals surface area contributed by atoms with E-state index in [1.54, 1.807) is 36.4 Å². The average Bonchev–Trinajstić information content (AvgIpc) is 3.16. The highest BCUT2D eigenvalue weighted by molar-refractivity contribution is 7.98. The van der Waals surface area contributed by atoms with Gasteiger partial charge in [0.05, 0.1) is 5.92 Å². The molecule has 32 heavy (non-hydrogen) atoms. The van der Waals surface area contributed by atoms with Gasteiger partial charge in [-0.05, 0) is 35.6 Å². The molecule has 6 nitrogen and oxygen atoms in total. The summed E-state index contributed by atoms with van der Waals surface area (Å²) in [7, 11) is 3.75. The monoisotopic (exact) mass is 508 g/mol. The number of aromatic amines is 1. The molecule has 0 aliphatic carbocycles. The van der Waals surface area contributed by atoms with Crippen molar-refractivity contribution in [2.24, 2.45) is 0 Å². The highest BCUT2D eigenvalue weighted by Crippen LogP contribution is 2.50. The lowest BCUT2D eigenvalue weighted by Crippen LogP contribution is -2.43. The van der Waals surface area contributed by atoms with Gasteiger partial charge in [-0.3, -0.25) is 20.0 Å². The summed E-state index contributed by atoms with van der Waals surface area (Å²) < 4.78 is 0. The summed E-state index contributed by atoms with van der Waals surface area (Å²) in [5, 5.41) is 11.7. The molecule has 2 heterocycles. The SMILES string of the molecule is CSc1n[nH]c(N(C)C)c1C(c1c(Cl)cc(Cl)cc1Cl)C1C(=O)NC(=O)c2ccccc21. The van der Waals surface area contributed by atoms with Gasteiger partial charge in [0.15, 0.2) is 0 Å². The third-order valence-electron chi connectivity index (χ3n) is 5.45. The quantitative estimate of drug-likeness (QED) is 0.358. The zero-order valence-electron chi connectivity index (χ0n) is 17.4. The smallest absolute Gasteiger partial charge is 0.258 e. The van der Waals surface area contributed by atoms with Gasteiger partial charge in [0, 0.05) is 46.2 Å². The Labute approximate surface area is 204 Å². The molecule has 2 unspecified atom stereocenters. The van der Waals surface area contributed by atoms with E-state index in [4.69, 9.17) is 34.8 Å². The molecule has 2 atom stereocenters. The van der Waals surface area contributed by atoms with E-state index >= 15 is 0 Å². The van der Waals surface area contributed by atoms with Gasteiger partial charge in [0.25, 0.3) is 5.91 Å². The number of carbonyl (C=O) groups is 2. The van der Waals surface area contributed by atoms with Gasteiger partial charge in [0.1, 0.15) is 10.8 Å². The fraction of sp³-hybridized carbons (Fsp3) is 0.227. The first-order chi connectivity index (χ1) is 15.2. The maximum atomic E-state index is 13.4. The topological polar surface area (TPSA) is 78.1 Å². The molecule has 2 amide bonds. The van der Waals surface area contributed by atoms with Crippen molar-refractivity contribution in [3.8, 4) is 0 Å². The number of nitrogens with zero attached hydrogens (tertiary/aromatic N) is 2. The summed E-state index contributed by atoms with van der Waals surface area (Å²) in [6.07, 6.45) is 1.90. The highest BCUT2D eigenvalue weighted by atomic mass is 35.5. The van der Waals surface area contributed by atoms with Gasteiger partial charge < -0.3 is 4.90 Å². The number of aromatic nitrogens is 2. The van der Waals surface area contributed by atoms with E-state index < -0.39 is 23.7 Å². The van der Waals surface area contributed by atoms with Crippen LogP contribution >= 0.6 is 46.6 Å². The van der Waals surface area contributed by atoms with E-state index in [1.165, 1.54) is 11.8 Å². The Hall–Kier alpha value is -2.19. The van der Waals surface area contributed by atoms with Gasteiger partial charge in [-0.25, -0.2) is 0 Å². The summed E-state index contributed by atoms with van der Waals surface area (Å²) in [5.74, 6) is -1.57. The fourth-order valence-corrected chi connectivity index (χ4v) is 5.77. The number of carbonyl (C=O) groups excluding carboxylic acids is 2. The number of hydrogen-bond acceptors (Lipinski definition) is 5. The number of fused-ring (bicyclic) bond motifs is 1. The number of halogens is 3. The van der Waals surface area contributed by atoms with Gasteiger partial charge >= 0.3 is 0 Å². The molecule has 0 bridgehead atoms. The zero-order valence-corrected chi connectivity index (χ0v) is 20.5. The molecule has 0 fully saturated rings. The Morgan fingerprint density at radius 3 is 2.34 bits per heavy atom. The maximum absolute atomic E-state index is 13.4. The van der Waals surface area contributed by atoms with Crippen LogP contribution in [0.2, 0.25) is 15.1 Å². The molecule has 1 aliphatic heterocycles. The van der Waals surface area contributed by atoms with Crippen LogP contribution in [-0.4, -0.2) is 42.4 Å². The third-order valence-corrected chi connectivity index (χ3v) is 6.99. The van der Waals surface area contributed by atoms with Crippen LogP contribution in [0.3, 0.4) is 0 Å². The van der Waals surface area contributed by atoms with Gasteiger partial charge in [0.2, 0.25) is 5.91 Å². The van der Waals surface area contributed by atoms with Crippen molar-refractivity contribution in [2.75, 3.05) is 25.3 Å². The van der Waals surface area contributed by atoms with Crippen LogP contribution in [0.25, 0.3) is 0 Å². The number of benzene rings is 2. The van der Waals surface area contributed by atoms with Crippen LogP contribution in [0.15, 0.2) is 41.4 Å². The van der Waals surface area contributed by atoms with Crippen molar-refractivity contribution in [2.45, 2.75) is 16.9 Å². The van der Waals surface area contributed by atoms with Gasteiger partial charge in [-0.2, -0.15) is 5.10 Å². The number of hydrogen-bond donors (Lipinski definition) is 2. The first-order valence-electron chi connectivity index (χ1n) is 9.62. The molecule has 0 saturated heterocycles. The zero-order chi connectivity index (χ0) is 23.2. The summed E-state index contributed by atoms with van der Waals surface area (Å²) in [6, 6.07) is 10.3. The Morgan fingerprint density at radius 2 is 1.72 bits per heavy atom. The van der Waals surface area contributed by atoms with Crippen molar-refractivity contribution < 1.29 is 9.59 Å². The standard InChI is InChI=1S/C22H19Cl3N4O2S/c1-29(2)19-18(22(32-3)28-27-19)17(16-13(24)8-10(23)9-14(16)25)15-11-6-4-5-7-12(11)20(30)26-21(15)31/h4-9,15,17H,1-3H3,(H,27,28)(H,26,30,31). The Bertz CT molecular complexity index is 1200. The van der Waals surface area contributed by atoms with E-state index in [9.17, 15) is 9.59 Å². The van der Waals surface area contributed by atoms with Crippen molar-refractivity contribution in [3.05, 3.63) is 73.7 Å². The highest BCUT2D eigenvalue weighted by Gasteiger charge is 2.43. The Kier molecular flexibility index (Phi) is 6.45. The number of rotatable bonds is 5. The molecule has 3 aromatic rings. The molecule has 1 aliphatic rings. The number of H-pyrrole nitrogens is 1. The predicted molar refractivity (Wildman–Crippen MR) is 130 cm³/mol. The lowest BCUT2D eigenvalue weighted by atomic mass is 9.74. The van der Waals surface area contributed by atoms with Crippen LogP contribution in [0.4, 0.5) is 5.82 Å². The third kappa shape index (κ3) is 3.88. The van der Waals surface area contributed by atoms with E-state index in [-0.39, 0.29) is 0 Å². The fourth-order valence-electron chi connectivity index (χ4n) is 4.13. The van der Waals surface area contributed by atoms with Crippen molar-refractivity contribution in [1.29, 1.82) is 0 Å². The van der Waals surface area contributed by atoms with Crippen molar-refractivity contribution in [3.63, 3.8) is 0 Å². The molecule has 10 heteroatoms. The second-order valence-electron chi connectivity index (χ2n) is 7.53. The number of amides is 2. The largest absolute Gasteiger partial charge is 0.363 e. The normalized spacial score (nSPS) is 16.5. The van der Waals surface area contributed by atoms with Crippen molar-refractivity contribution >= 4 is 64.2 Å². The maximum Gasteiger partial charge on any atom is 0.258 e. The molecule has 0 radical (unpaired) electrons. The number of thioether (sulfide) groups is 1. The summed E-state index contributed by atoms with van der Waals surface area (Å²) in [4.78, 5) is 27.8. The Balaban J connectivity index is 2.08. The minimum Gasteiger partial charge on any atom is -0.363 e. The summed E-state index contributed by atoms with van der Waals surface area (Å²) in [6.45, 7) is 0. The van der Waals surface area contributed by atoms with Crippen LogP contribution in [0.1, 0.15) is 38.9 Å². The molecule has 0 saturated carbocycles. The lowest BCUT2D eigenvalue weighted by Gasteiger charge is -2.33. The van der Waals surface area contributed by atoms with E-state index in [2.05, 4.69) is 15.5 Å². The van der Waals surface area contributed by atoms with Gasteiger partial charge in [-0.1, -0.05) is 53.0 Å². The molecular weight excluding hydrogens is 491 g/mol. The minimum absolute atomic E-state index is 0.327. The van der Waals surface area contributed by atoms with E-state index in [0.717, 1.165) is 5.56 Å². The molecule has 4 rings (SSSR count). The number of imide groups is 1. The first kappa shape index (κ1) is 23.0. The van der Waals surface area contributed by atoms with Crippen LogP contribution in [-0.2, 0) is 4.79 Å². The van der Waals surface area contributed by atoms with Crippen LogP contribution in [0, 0.1) is 0 Å². The van der Waals surface area contributed by atoms with Gasteiger partial charge in [-0.15, -0.1) is 11.8 Å². The summed E-state index contributed by atoms with van der Waals surface area (Å²) in [5.41, 5.74) is 2.34. The van der Waals surface area contributed by atoms with E-state index in [0.29, 0.717) is 42.6 Å². The molecule has 2 aromatic carbocycles. The Morgan fingerprint density at radius 1 is 1.06 bits per heavy atom. The average molecular weight is 510 g/mol. The number of anilines is 1. The lowest BCUT2D eigenvalue weighted by molar-refractivity contribution is -0.122. The minimum atomic E-state index is -0.776. The predicted octanol–water partition coefficient (Wildman–Crippen LogP) is 5.34. The van der Waals surface area contributed by atoms with Crippen LogP contribution < -0.4 is 10.2 Å². The second kappa shape index (κ2) is 8.98. The van der Waals surface area contributed by atoms with E-state index in [1.807, 2.05) is 25.3 Å². The van der Waals surface area contributed by atoms with Crippen LogP contribution in [0.5, 0.6) is 0 Å². The second-order valence-corrected chi connectivity index (χ2v) is 9.58. The molecule has 1 aromatic heterocycles. The first-order valence-corrected chi connectivity index (χ1v) is 12.0. The summed E-state index contributed by atoms with van der Waals surface area (Å²) >= 11 is 21.0. The van der Waals surface area contributed by atoms with Crippen molar-refractivity contribution in [1.82, 2.24) is 15.5 Å². The molecular formula is C22H19Cl3N4O2S.